The first-order valence-electron chi connectivity index (χ1n) is 4.37. The smallest absolute Gasteiger partial charge is 0.191 e. The minimum atomic E-state index is 0.214. The summed E-state index contributed by atoms with van der Waals surface area (Å²) >= 11 is 0. The van der Waals surface area contributed by atoms with E-state index in [2.05, 4.69) is 17.1 Å². The van der Waals surface area contributed by atoms with Gasteiger partial charge in [-0.3, -0.25) is 0 Å². The zero-order valence-electron chi connectivity index (χ0n) is 7.64. The maximum atomic E-state index is 5.68. The summed E-state index contributed by atoms with van der Waals surface area (Å²) in [4.78, 5) is 6.33. The van der Waals surface area contributed by atoms with Crippen molar-refractivity contribution in [2.75, 3.05) is 13.6 Å². The number of likely N-dealkylation sites (N-methyl/N-ethyl adjacent to an activating group) is 1. The number of rotatable bonds is 1. The van der Waals surface area contributed by atoms with E-state index in [1.165, 1.54) is 5.56 Å². The van der Waals surface area contributed by atoms with Gasteiger partial charge in [-0.25, -0.2) is 4.99 Å². The molecule has 0 aliphatic carbocycles. The molecule has 13 heavy (non-hydrogen) atoms. The zero-order valence-corrected chi connectivity index (χ0v) is 7.64. The summed E-state index contributed by atoms with van der Waals surface area (Å²) in [7, 11) is 1.96. The second-order valence-corrected chi connectivity index (χ2v) is 3.29. The molecule has 3 nitrogen and oxygen atoms in total. The fourth-order valence-corrected chi connectivity index (χ4v) is 1.51. The quantitative estimate of drug-likeness (QED) is 0.691. The number of hydrogen-bond donors (Lipinski definition) is 1. The van der Waals surface area contributed by atoms with Gasteiger partial charge in [0.2, 0.25) is 0 Å². The van der Waals surface area contributed by atoms with Crippen LogP contribution in [0.5, 0.6) is 0 Å². The average molecular weight is 175 g/mol. The van der Waals surface area contributed by atoms with Crippen LogP contribution in [0.2, 0.25) is 0 Å². The predicted octanol–water partition coefficient (Wildman–Crippen LogP) is 0.988. The first kappa shape index (κ1) is 8.10. The van der Waals surface area contributed by atoms with Gasteiger partial charge in [-0.2, -0.15) is 0 Å². The van der Waals surface area contributed by atoms with Crippen molar-refractivity contribution in [3.8, 4) is 0 Å². The largest absolute Gasteiger partial charge is 0.370 e. The maximum Gasteiger partial charge on any atom is 0.191 e. The van der Waals surface area contributed by atoms with Crippen molar-refractivity contribution < 1.29 is 0 Å². The Morgan fingerprint density at radius 3 is 2.62 bits per heavy atom. The summed E-state index contributed by atoms with van der Waals surface area (Å²) in [5.74, 6) is 0.633. The van der Waals surface area contributed by atoms with Crippen LogP contribution in [0.25, 0.3) is 0 Å². The summed E-state index contributed by atoms with van der Waals surface area (Å²) in [6.07, 6.45) is 0. The van der Waals surface area contributed by atoms with Crippen molar-refractivity contribution in [3.63, 3.8) is 0 Å². The molecule has 68 valence electrons. The predicted molar refractivity (Wildman–Crippen MR) is 53.4 cm³/mol. The van der Waals surface area contributed by atoms with E-state index in [1.807, 2.05) is 30.1 Å². The number of nitrogens with zero attached hydrogens (tertiary/aromatic N) is 2. The number of aliphatic imine (C=N–C) groups is 1. The van der Waals surface area contributed by atoms with Crippen molar-refractivity contribution in [1.29, 1.82) is 0 Å². The van der Waals surface area contributed by atoms with Crippen LogP contribution in [0.3, 0.4) is 0 Å². The number of nitrogens with two attached hydrogens (primary N) is 1. The molecule has 0 saturated heterocycles. The molecule has 0 saturated carbocycles. The SMILES string of the molecule is CN1C[C@@H](c2ccccc2)N=C1N. The van der Waals surface area contributed by atoms with Crippen molar-refractivity contribution in [3.05, 3.63) is 35.9 Å². The minimum absolute atomic E-state index is 0.214. The highest BCUT2D eigenvalue weighted by Gasteiger charge is 2.20. The maximum absolute atomic E-state index is 5.68. The normalized spacial score (nSPS) is 21.8. The van der Waals surface area contributed by atoms with Crippen LogP contribution in [0.1, 0.15) is 11.6 Å². The van der Waals surface area contributed by atoms with Gasteiger partial charge in [0.15, 0.2) is 5.96 Å². The summed E-state index contributed by atoms with van der Waals surface area (Å²) in [6.45, 7) is 0.885. The lowest BCUT2D eigenvalue weighted by molar-refractivity contribution is 0.504. The minimum Gasteiger partial charge on any atom is -0.370 e. The fraction of sp³-hybridized carbons (Fsp3) is 0.300. The third kappa shape index (κ3) is 1.49. The van der Waals surface area contributed by atoms with Crippen LogP contribution in [-0.2, 0) is 0 Å². The molecule has 0 fully saturated rings. The molecule has 0 spiro atoms. The van der Waals surface area contributed by atoms with E-state index in [0.29, 0.717) is 5.96 Å². The monoisotopic (exact) mass is 175 g/mol. The Bertz CT molecular complexity index is 318. The third-order valence-electron chi connectivity index (χ3n) is 2.31. The molecule has 0 aromatic heterocycles. The molecule has 3 heteroatoms. The molecule has 2 rings (SSSR count). The first-order valence-corrected chi connectivity index (χ1v) is 4.37. The highest BCUT2D eigenvalue weighted by Crippen LogP contribution is 2.21. The lowest BCUT2D eigenvalue weighted by atomic mass is 10.1. The van der Waals surface area contributed by atoms with E-state index in [0.717, 1.165) is 6.54 Å². The van der Waals surface area contributed by atoms with E-state index in [4.69, 9.17) is 5.73 Å². The summed E-state index contributed by atoms with van der Waals surface area (Å²) in [6, 6.07) is 10.4. The van der Waals surface area contributed by atoms with Crippen LogP contribution in [0, 0.1) is 0 Å². The summed E-state index contributed by atoms with van der Waals surface area (Å²) < 4.78 is 0. The molecule has 1 atom stereocenters. The van der Waals surface area contributed by atoms with Gasteiger partial charge >= 0.3 is 0 Å². The molecule has 1 aromatic carbocycles. The molecule has 1 aromatic rings. The summed E-state index contributed by atoms with van der Waals surface area (Å²) in [5.41, 5.74) is 6.91. The Morgan fingerprint density at radius 2 is 2.08 bits per heavy atom. The standard InChI is InChI=1S/C10H13N3/c1-13-7-9(12-10(13)11)8-5-3-2-4-6-8/h2-6,9H,7H2,1H3,(H2,11,12)/t9-/m0/s1. The molecule has 1 aliphatic heterocycles. The number of hydrogen-bond acceptors (Lipinski definition) is 3. The summed E-state index contributed by atoms with van der Waals surface area (Å²) in [5, 5.41) is 0. The van der Waals surface area contributed by atoms with E-state index in [-0.39, 0.29) is 6.04 Å². The molecule has 0 unspecified atom stereocenters. The van der Waals surface area contributed by atoms with Crippen LogP contribution >= 0.6 is 0 Å². The highest BCUT2D eigenvalue weighted by molar-refractivity contribution is 5.79. The molecule has 1 aliphatic rings. The van der Waals surface area contributed by atoms with E-state index < -0.39 is 0 Å². The van der Waals surface area contributed by atoms with Gasteiger partial charge in [0.05, 0.1) is 6.04 Å². The Hall–Kier alpha value is -1.51. The van der Waals surface area contributed by atoms with Gasteiger partial charge in [0.25, 0.3) is 0 Å². The Morgan fingerprint density at radius 1 is 1.38 bits per heavy atom. The fourth-order valence-electron chi connectivity index (χ4n) is 1.51. The van der Waals surface area contributed by atoms with Gasteiger partial charge in [-0.1, -0.05) is 30.3 Å². The van der Waals surface area contributed by atoms with E-state index in [1.54, 1.807) is 0 Å². The Labute approximate surface area is 77.9 Å². The second kappa shape index (κ2) is 3.09. The average Bonchev–Trinajstić information content (AvgIpc) is 2.49. The molecule has 1 heterocycles. The van der Waals surface area contributed by atoms with Crippen molar-refractivity contribution in [2.24, 2.45) is 10.7 Å². The molecule has 0 bridgehead atoms. The lowest BCUT2D eigenvalue weighted by Crippen LogP contribution is -2.29. The van der Waals surface area contributed by atoms with Gasteiger partial charge in [0.1, 0.15) is 0 Å². The lowest BCUT2D eigenvalue weighted by Gasteiger charge is -2.11. The van der Waals surface area contributed by atoms with Gasteiger partial charge in [0, 0.05) is 13.6 Å². The van der Waals surface area contributed by atoms with Crippen molar-refractivity contribution >= 4 is 5.96 Å². The molecular weight excluding hydrogens is 162 g/mol. The van der Waals surface area contributed by atoms with E-state index >= 15 is 0 Å². The molecule has 0 amide bonds. The van der Waals surface area contributed by atoms with Crippen molar-refractivity contribution in [2.45, 2.75) is 6.04 Å². The van der Waals surface area contributed by atoms with Crippen LogP contribution in [0.4, 0.5) is 0 Å². The van der Waals surface area contributed by atoms with Gasteiger partial charge in [-0.05, 0) is 5.56 Å². The topological polar surface area (TPSA) is 41.6 Å². The third-order valence-corrected chi connectivity index (χ3v) is 2.31. The van der Waals surface area contributed by atoms with Crippen LogP contribution in [0.15, 0.2) is 35.3 Å². The molecule has 2 N–H and O–H groups in total. The van der Waals surface area contributed by atoms with Crippen LogP contribution in [-0.4, -0.2) is 24.5 Å². The Kier molecular flexibility index (Phi) is 1.93. The number of benzene rings is 1. The second-order valence-electron chi connectivity index (χ2n) is 3.29. The molecular formula is C10H13N3. The van der Waals surface area contributed by atoms with E-state index in [9.17, 15) is 0 Å². The molecule has 0 radical (unpaired) electrons. The Balaban J connectivity index is 2.22. The van der Waals surface area contributed by atoms with Crippen LogP contribution < -0.4 is 5.73 Å². The first-order chi connectivity index (χ1) is 6.27. The zero-order chi connectivity index (χ0) is 9.26. The van der Waals surface area contributed by atoms with Gasteiger partial charge in [-0.15, -0.1) is 0 Å². The number of guanidine groups is 1. The van der Waals surface area contributed by atoms with Crippen molar-refractivity contribution in [1.82, 2.24) is 4.90 Å². The highest BCUT2D eigenvalue weighted by atomic mass is 15.3. The van der Waals surface area contributed by atoms with Gasteiger partial charge < -0.3 is 10.6 Å².